The van der Waals surface area contributed by atoms with Gasteiger partial charge in [0.1, 0.15) is 5.82 Å². The molecule has 1 fully saturated rings. The molecule has 1 aromatic rings. The summed E-state index contributed by atoms with van der Waals surface area (Å²) in [6, 6.07) is 1.63. The van der Waals surface area contributed by atoms with Crippen LogP contribution in [0.5, 0.6) is 0 Å². The van der Waals surface area contributed by atoms with Crippen molar-refractivity contribution < 1.29 is 13.2 Å². The van der Waals surface area contributed by atoms with E-state index in [1.807, 2.05) is 0 Å². The van der Waals surface area contributed by atoms with Gasteiger partial charge in [0.25, 0.3) is 0 Å². The van der Waals surface area contributed by atoms with Crippen LogP contribution in [0.4, 0.5) is 5.82 Å². The minimum absolute atomic E-state index is 0.170. The average Bonchev–Trinajstić information content (AvgIpc) is 2.58. The maximum atomic E-state index is 11.6. The van der Waals surface area contributed by atoms with Crippen molar-refractivity contribution in [3.8, 4) is 0 Å². The van der Waals surface area contributed by atoms with Crippen molar-refractivity contribution in [1.82, 2.24) is 4.98 Å². The molecular formula is C10H12N2O3S. The molecule has 0 bridgehead atoms. The van der Waals surface area contributed by atoms with E-state index in [9.17, 15) is 13.2 Å². The first-order valence-corrected chi connectivity index (χ1v) is 6.58. The number of carbonyl (C=O) groups is 1. The molecule has 0 saturated carbocycles. The second-order valence-corrected chi connectivity index (χ2v) is 5.77. The van der Waals surface area contributed by atoms with Crippen molar-refractivity contribution in [2.75, 3.05) is 16.6 Å². The highest BCUT2D eigenvalue weighted by molar-refractivity contribution is 7.93. The lowest BCUT2D eigenvalue weighted by Crippen LogP contribution is -2.26. The van der Waals surface area contributed by atoms with Gasteiger partial charge in [-0.15, -0.1) is 0 Å². The highest BCUT2D eigenvalue weighted by atomic mass is 32.2. The third-order valence-corrected chi connectivity index (χ3v) is 4.46. The van der Waals surface area contributed by atoms with Gasteiger partial charge in [-0.25, -0.2) is 13.4 Å². The first kappa shape index (κ1) is 11.1. The monoisotopic (exact) mass is 240 g/mol. The Kier molecular flexibility index (Phi) is 2.67. The zero-order valence-electron chi connectivity index (χ0n) is 8.88. The summed E-state index contributed by atoms with van der Waals surface area (Å²) in [6.07, 6.45) is 2.74. The van der Waals surface area contributed by atoms with Crippen LogP contribution in [0, 0.1) is 6.92 Å². The van der Waals surface area contributed by atoms with Gasteiger partial charge >= 0.3 is 0 Å². The molecule has 0 radical (unpaired) electrons. The van der Waals surface area contributed by atoms with Gasteiger partial charge in [-0.3, -0.25) is 9.10 Å². The van der Waals surface area contributed by atoms with Gasteiger partial charge < -0.3 is 0 Å². The van der Waals surface area contributed by atoms with E-state index in [0.717, 1.165) is 5.56 Å². The Morgan fingerprint density at radius 3 is 2.75 bits per heavy atom. The van der Waals surface area contributed by atoms with Crippen LogP contribution in [-0.4, -0.2) is 32.0 Å². The summed E-state index contributed by atoms with van der Waals surface area (Å²) in [5.74, 6) is 0.573. The lowest BCUT2D eigenvalue weighted by Gasteiger charge is -2.16. The fraction of sp³-hybridized carbons (Fsp3) is 0.400. The highest BCUT2D eigenvalue weighted by Crippen LogP contribution is 2.23. The number of hydrogen-bond acceptors (Lipinski definition) is 4. The lowest BCUT2D eigenvalue weighted by molar-refractivity contribution is 0.112. The Labute approximate surface area is 94.2 Å². The highest BCUT2D eigenvalue weighted by Gasteiger charge is 2.29. The van der Waals surface area contributed by atoms with Gasteiger partial charge in [0, 0.05) is 18.3 Å². The number of carbonyl (C=O) groups excluding carboxylic acids is 1. The summed E-state index contributed by atoms with van der Waals surface area (Å²) in [5.41, 5.74) is 1.22. The van der Waals surface area contributed by atoms with Crippen molar-refractivity contribution in [1.29, 1.82) is 0 Å². The van der Waals surface area contributed by atoms with E-state index in [4.69, 9.17) is 0 Å². The lowest BCUT2D eigenvalue weighted by atomic mass is 10.2. The van der Waals surface area contributed by atoms with Crippen molar-refractivity contribution in [3.63, 3.8) is 0 Å². The minimum atomic E-state index is -3.19. The minimum Gasteiger partial charge on any atom is -0.298 e. The molecule has 1 aliphatic heterocycles. The molecule has 86 valence electrons. The normalized spacial score (nSPS) is 18.7. The Morgan fingerprint density at radius 2 is 2.25 bits per heavy atom. The first-order valence-electron chi connectivity index (χ1n) is 4.97. The number of sulfonamides is 1. The molecule has 5 nitrogen and oxygen atoms in total. The standard InChI is InChI=1S/C10H12N2O3S/c1-8-5-10(11-6-9(8)7-13)12-3-2-4-16(12,14)15/h5-7H,2-4H2,1H3. The smallest absolute Gasteiger partial charge is 0.236 e. The summed E-state index contributed by atoms with van der Waals surface area (Å²) in [4.78, 5) is 14.6. The van der Waals surface area contributed by atoms with Gasteiger partial charge in [-0.2, -0.15) is 0 Å². The molecule has 6 heteroatoms. The number of aromatic nitrogens is 1. The SMILES string of the molecule is Cc1cc(N2CCCS2(=O)=O)ncc1C=O. The molecule has 0 aromatic carbocycles. The van der Waals surface area contributed by atoms with Crippen LogP contribution in [0.25, 0.3) is 0 Å². The maximum Gasteiger partial charge on any atom is 0.236 e. The topological polar surface area (TPSA) is 67.3 Å². The molecule has 0 spiro atoms. The van der Waals surface area contributed by atoms with Crippen LogP contribution >= 0.6 is 0 Å². The molecule has 0 aliphatic carbocycles. The second kappa shape index (κ2) is 3.86. The van der Waals surface area contributed by atoms with E-state index in [0.29, 0.717) is 30.6 Å². The van der Waals surface area contributed by atoms with E-state index in [-0.39, 0.29) is 5.75 Å². The third kappa shape index (κ3) is 1.80. The predicted molar refractivity (Wildman–Crippen MR) is 60.1 cm³/mol. The number of aldehydes is 1. The van der Waals surface area contributed by atoms with Crippen LogP contribution in [0.15, 0.2) is 12.3 Å². The van der Waals surface area contributed by atoms with Crippen LogP contribution < -0.4 is 4.31 Å². The van der Waals surface area contributed by atoms with E-state index < -0.39 is 10.0 Å². The Morgan fingerprint density at radius 1 is 1.50 bits per heavy atom. The fourth-order valence-electron chi connectivity index (χ4n) is 1.71. The van der Waals surface area contributed by atoms with Crippen LogP contribution in [0.1, 0.15) is 22.3 Å². The summed E-state index contributed by atoms with van der Waals surface area (Å²) >= 11 is 0. The van der Waals surface area contributed by atoms with Gasteiger partial charge in [-0.1, -0.05) is 0 Å². The van der Waals surface area contributed by atoms with Crippen LogP contribution in [0.2, 0.25) is 0 Å². The molecule has 1 aromatic heterocycles. The summed E-state index contributed by atoms with van der Waals surface area (Å²) in [5, 5.41) is 0. The molecule has 2 rings (SSSR count). The van der Waals surface area contributed by atoms with E-state index in [1.165, 1.54) is 10.5 Å². The molecule has 16 heavy (non-hydrogen) atoms. The summed E-state index contributed by atoms with van der Waals surface area (Å²) in [6.45, 7) is 2.23. The molecule has 1 saturated heterocycles. The summed E-state index contributed by atoms with van der Waals surface area (Å²) in [7, 11) is -3.19. The zero-order chi connectivity index (χ0) is 11.8. The van der Waals surface area contributed by atoms with Gasteiger partial charge in [-0.05, 0) is 25.0 Å². The predicted octanol–water partition coefficient (Wildman–Crippen LogP) is 0.742. The third-order valence-electron chi connectivity index (χ3n) is 2.62. The molecule has 0 atom stereocenters. The molecule has 1 aliphatic rings. The Hall–Kier alpha value is -1.43. The average molecular weight is 240 g/mol. The van der Waals surface area contributed by atoms with E-state index in [1.54, 1.807) is 13.0 Å². The number of aryl methyl sites for hydroxylation is 1. The van der Waals surface area contributed by atoms with Crippen LogP contribution in [0.3, 0.4) is 0 Å². The molecule has 2 heterocycles. The zero-order valence-corrected chi connectivity index (χ0v) is 9.70. The Bertz CT molecular complexity index is 525. The van der Waals surface area contributed by atoms with E-state index in [2.05, 4.69) is 4.98 Å². The molecule has 0 unspecified atom stereocenters. The maximum absolute atomic E-state index is 11.6. The van der Waals surface area contributed by atoms with Crippen molar-refractivity contribution in [2.24, 2.45) is 0 Å². The number of pyridine rings is 1. The number of hydrogen-bond donors (Lipinski definition) is 0. The quantitative estimate of drug-likeness (QED) is 0.715. The fourth-order valence-corrected chi connectivity index (χ4v) is 3.21. The second-order valence-electron chi connectivity index (χ2n) is 3.76. The largest absolute Gasteiger partial charge is 0.298 e. The molecular weight excluding hydrogens is 228 g/mol. The van der Waals surface area contributed by atoms with Crippen molar-refractivity contribution in [3.05, 3.63) is 23.4 Å². The number of rotatable bonds is 2. The van der Waals surface area contributed by atoms with E-state index >= 15 is 0 Å². The number of nitrogens with zero attached hydrogens (tertiary/aromatic N) is 2. The molecule has 0 N–H and O–H groups in total. The first-order chi connectivity index (χ1) is 7.54. The van der Waals surface area contributed by atoms with Crippen molar-refractivity contribution in [2.45, 2.75) is 13.3 Å². The summed E-state index contributed by atoms with van der Waals surface area (Å²) < 4.78 is 24.6. The Balaban J connectivity index is 2.42. The number of anilines is 1. The molecule has 0 amide bonds. The van der Waals surface area contributed by atoms with Gasteiger partial charge in [0.05, 0.1) is 5.75 Å². The van der Waals surface area contributed by atoms with Crippen molar-refractivity contribution >= 4 is 22.1 Å². The van der Waals surface area contributed by atoms with Gasteiger partial charge in [0.15, 0.2) is 6.29 Å². The van der Waals surface area contributed by atoms with Gasteiger partial charge in [0.2, 0.25) is 10.0 Å². The van der Waals surface area contributed by atoms with Crippen LogP contribution in [-0.2, 0) is 10.0 Å².